The lowest BCUT2D eigenvalue weighted by Crippen LogP contribution is -2.14. The molecule has 0 N–H and O–H groups in total. The van der Waals surface area contributed by atoms with Gasteiger partial charge in [-0.3, -0.25) is 0 Å². The van der Waals surface area contributed by atoms with Gasteiger partial charge in [-0.2, -0.15) is 18.3 Å². The van der Waals surface area contributed by atoms with Crippen molar-refractivity contribution in [2.24, 2.45) is 0 Å². The Morgan fingerprint density at radius 1 is 1.45 bits per heavy atom. The lowest BCUT2D eigenvalue weighted by Gasteiger charge is -2.01. The highest BCUT2D eigenvalue weighted by Crippen LogP contribution is 2.18. The van der Waals surface area contributed by atoms with Gasteiger partial charge in [-0.1, -0.05) is 0 Å². The Hall–Kier alpha value is -1.20. The number of hydrogen-bond donors (Lipinski definition) is 0. The van der Waals surface area contributed by atoms with Gasteiger partial charge in [0.05, 0.1) is 6.20 Å². The first-order chi connectivity index (χ1) is 5.08. The van der Waals surface area contributed by atoms with Gasteiger partial charge < -0.3 is 0 Å². The highest BCUT2D eigenvalue weighted by molar-refractivity contribution is 4.83. The second-order valence-electron chi connectivity index (χ2n) is 1.79. The van der Waals surface area contributed by atoms with E-state index in [4.69, 9.17) is 0 Å². The van der Waals surface area contributed by atoms with Gasteiger partial charge in [0.2, 0.25) is 0 Å². The van der Waals surface area contributed by atoms with Crippen LogP contribution in [0.15, 0.2) is 6.20 Å². The van der Waals surface area contributed by atoms with Crippen molar-refractivity contribution < 1.29 is 13.2 Å². The molecule has 0 aliphatic heterocycles. The van der Waals surface area contributed by atoms with E-state index in [0.29, 0.717) is 0 Å². The molecule has 1 aromatic heterocycles. The summed E-state index contributed by atoms with van der Waals surface area (Å²) in [5.41, 5.74) is 0. The van der Waals surface area contributed by atoms with Gasteiger partial charge in [-0.05, 0) is 0 Å². The molecular weight excluding hydrogens is 159 g/mol. The van der Waals surface area contributed by atoms with Crippen molar-refractivity contribution in [3.8, 4) is 0 Å². The van der Waals surface area contributed by atoms with E-state index in [1.54, 1.807) is 0 Å². The first-order valence-corrected chi connectivity index (χ1v) is 2.69. The SMILES string of the molecule is FC(F)(F)Cc1n[c]cnn1. The number of halogens is 3. The number of hydrogen-bond acceptors (Lipinski definition) is 3. The quantitative estimate of drug-likeness (QED) is 0.612. The van der Waals surface area contributed by atoms with Crippen LogP contribution in [0.1, 0.15) is 5.82 Å². The second-order valence-corrected chi connectivity index (χ2v) is 1.79. The third-order valence-electron chi connectivity index (χ3n) is 0.841. The van der Waals surface area contributed by atoms with Crippen molar-refractivity contribution in [3.05, 3.63) is 18.2 Å². The topological polar surface area (TPSA) is 38.7 Å². The molecule has 0 atom stereocenters. The molecule has 1 rings (SSSR count). The molecule has 0 spiro atoms. The maximum Gasteiger partial charge on any atom is 0.396 e. The van der Waals surface area contributed by atoms with Crippen molar-refractivity contribution in [2.75, 3.05) is 0 Å². The molecule has 0 fully saturated rings. The highest BCUT2D eigenvalue weighted by Gasteiger charge is 2.29. The summed E-state index contributed by atoms with van der Waals surface area (Å²) in [6.07, 6.45) is -2.18. The van der Waals surface area contributed by atoms with Crippen molar-refractivity contribution in [1.29, 1.82) is 0 Å². The molecule has 0 saturated carbocycles. The number of aromatic nitrogens is 3. The summed E-state index contributed by atoms with van der Waals surface area (Å²) in [5, 5.41) is 6.35. The predicted octanol–water partition coefficient (Wildman–Crippen LogP) is 0.777. The zero-order chi connectivity index (χ0) is 8.32. The Bertz CT molecular complexity index is 220. The minimum atomic E-state index is -4.28. The van der Waals surface area contributed by atoms with E-state index in [-0.39, 0.29) is 5.82 Å². The van der Waals surface area contributed by atoms with Gasteiger partial charge in [0.1, 0.15) is 12.6 Å². The Morgan fingerprint density at radius 3 is 2.64 bits per heavy atom. The molecule has 3 nitrogen and oxygen atoms in total. The summed E-state index contributed by atoms with van der Waals surface area (Å²) in [6, 6.07) is 0. The molecule has 0 aliphatic carbocycles. The maximum atomic E-state index is 11.6. The summed E-state index contributed by atoms with van der Waals surface area (Å²) in [4.78, 5) is 3.25. The molecule has 1 radical (unpaired) electrons. The number of nitrogens with zero attached hydrogens (tertiary/aromatic N) is 3. The molecule has 0 aromatic carbocycles. The van der Waals surface area contributed by atoms with Crippen LogP contribution in [-0.4, -0.2) is 21.4 Å². The van der Waals surface area contributed by atoms with Crippen LogP contribution in [0.2, 0.25) is 0 Å². The van der Waals surface area contributed by atoms with E-state index < -0.39 is 12.6 Å². The monoisotopic (exact) mass is 162 g/mol. The Kier molecular flexibility index (Phi) is 2.02. The first-order valence-electron chi connectivity index (χ1n) is 2.69. The smallest absolute Gasteiger partial charge is 0.227 e. The Morgan fingerprint density at radius 2 is 2.18 bits per heavy atom. The van der Waals surface area contributed by atoms with Crippen LogP contribution in [0, 0.1) is 6.20 Å². The van der Waals surface area contributed by atoms with Gasteiger partial charge in [-0.15, -0.1) is 5.10 Å². The van der Waals surface area contributed by atoms with E-state index in [0.717, 1.165) is 6.20 Å². The van der Waals surface area contributed by atoms with E-state index >= 15 is 0 Å². The van der Waals surface area contributed by atoms with Crippen molar-refractivity contribution >= 4 is 0 Å². The molecule has 0 amide bonds. The van der Waals surface area contributed by atoms with Crippen molar-refractivity contribution in [3.63, 3.8) is 0 Å². The summed E-state index contributed by atoms with van der Waals surface area (Å²) < 4.78 is 34.9. The summed E-state index contributed by atoms with van der Waals surface area (Å²) in [7, 11) is 0. The molecule has 6 heteroatoms. The zero-order valence-electron chi connectivity index (χ0n) is 5.26. The van der Waals surface area contributed by atoms with Gasteiger partial charge in [0, 0.05) is 0 Å². The standard InChI is InChI=1S/C5H3F3N3/c6-5(7,8)3-4-9-1-2-10-11-4/h2H,3H2. The first kappa shape index (κ1) is 7.90. The minimum absolute atomic E-state index is 0.361. The molecule has 59 valence electrons. The average Bonchev–Trinajstić information content (AvgIpc) is 1.85. The molecule has 1 aromatic rings. The molecule has 0 saturated heterocycles. The van der Waals surface area contributed by atoms with E-state index in [1.807, 2.05) is 0 Å². The molecule has 0 bridgehead atoms. The van der Waals surface area contributed by atoms with Gasteiger partial charge in [0.25, 0.3) is 0 Å². The van der Waals surface area contributed by atoms with Crippen LogP contribution >= 0.6 is 0 Å². The second kappa shape index (κ2) is 2.81. The van der Waals surface area contributed by atoms with Crippen LogP contribution in [0.4, 0.5) is 13.2 Å². The van der Waals surface area contributed by atoms with E-state index in [1.165, 1.54) is 0 Å². The Balaban J connectivity index is 2.66. The van der Waals surface area contributed by atoms with Crippen LogP contribution in [-0.2, 0) is 6.42 Å². The summed E-state index contributed by atoms with van der Waals surface area (Å²) in [5.74, 6) is -0.361. The largest absolute Gasteiger partial charge is 0.396 e. The normalized spacial score (nSPS) is 11.5. The molecule has 0 unspecified atom stereocenters. The predicted molar refractivity (Wildman–Crippen MR) is 28.4 cm³/mol. The van der Waals surface area contributed by atoms with Gasteiger partial charge in [0.15, 0.2) is 5.82 Å². The molecule has 11 heavy (non-hydrogen) atoms. The fourth-order valence-corrected chi connectivity index (χ4v) is 0.501. The van der Waals surface area contributed by atoms with Gasteiger partial charge in [-0.25, -0.2) is 4.98 Å². The van der Waals surface area contributed by atoms with Crippen molar-refractivity contribution in [2.45, 2.75) is 12.6 Å². The zero-order valence-corrected chi connectivity index (χ0v) is 5.26. The highest BCUT2D eigenvalue weighted by atomic mass is 19.4. The van der Waals surface area contributed by atoms with Crippen LogP contribution in [0.25, 0.3) is 0 Å². The van der Waals surface area contributed by atoms with Crippen LogP contribution in [0.3, 0.4) is 0 Å². The summed E-state index contributed by atoms with van der Waals surface area (Å²) in [6.45, 7) is 0. The molecular formula is C5H3F3N3. The third-order valence-corrected chi connectivity index (χ3v) is 0.841. The Labute approximate surface area is 60.3 Å². The van der Waals surface area contributed by atoms with Gasteiger partial charge >= 0.3 is 6.18 Å². The summed E-state index contributed by atoms with van der Waals surface area (Å²) >= 11 is 0. The van der Waals surface area contributed by atoms with Crippen molar-refractivity contribution in [1.82, 2.24) is 15.2 Å². The van der Waals surface area contributed by atoms with Crippen LogP contribution < -0.4 is 0 Å². The number of alkyl halides is 3. The van der Waals surface area contributed by atoms with Crippen LogP contribution in [0.5, 0.6) is 0 Å². The molecule has 0 aliphatic rings. The van der Waals surface area contributed by atoms with E-state index in [9.17, 15) is 13.2 Å². The third kappa shape index (κ3) is 2.92. The van der Waals surface area contributed by atoms with E-state index in [2.05, 4.69) is 21.4 Å². The minimum Gasteiger partial charge on any atom is -0.227 e. The fourth-order valence-electron chi connectivity index (χ4n) is 0.501. The average molecular weight is 162 g/mol. The fraction of sp³-hybridized carbons (Fsp3) is 0.400. The lowest BCUT2D eigenvalue weighted by molar-refractivity contribution is -0.128. The lowest BCUT2D eigenvalue weighted by atomic mass is 10.4. The molecule has 1 heterocycles. The number of rotatable bonds is 1. The maximum absolute atomic E-state index is 11.6.